The van der Waals surface area contributed by atoms with Crippen LogP contribution in [-0.2, 0) is 19.9 Å². The number of nitrogens with one attached hydrogen (secondary N) is 2. The van der Waals surface area contributed by atoms with Gasteiger partial charge in [0.1, 0.15) is 5.76 Å². The van der Waals surface area contributed by atoms with E-state index in [0.29, 0.717) is 12.6 Å². The van der Waals surface area contributed by atoms with Gasteiger partial charge in [0, 0.05) is 37.8 Å². The molecule has 0 radical (unpaired) electrons. The Morgan fingerprint density at radius 2 is 2.11 bits per heavy atom. The van der Waals surface area contributed by atoms with E-state index in [9.17, 15) is 0 Å². The van der Waals surface area contributed by atoms with Gasteiger partial charge in [-0.2, -0.15) is 5.10 Å². The zero-order valence-electron chi connectivity index (χ0n) is 17.5. The summed E-state index contributed by atoms with van der Waals surface area (Å²) in [5.74, 6) is 1.90. The number of halogens is 1. The first-order chi connectivity index (χ1) is 13.0. The molecule has 1 fully saturated rings. The summed E-state index contributed by atoms with van der Waals surface area (Å²) in [5.41, 5.74) is 3.68. The summed E-state index contributed by atoms with van der Waals surface area (Å²) in [6, 6.07) is 4.75. The third kappa shape index (κ3) is 6.25. The lowest BCUT2D eigenvalue weighted by Gasteiger charge is -2.21. The molecule has 2 aromatic heterocycles. The summed E-state index contributed by atoms with van der Waals surface area (Å²) in [5, 5.41) is 11.8. The van der Waals surface area contributed by atoms with E-state index in [1.807, 2.05) is 23.9 Å². The Bertz CT molecular complexity index is 747. The van der Waals surface area contributed by atoms with Crippen molar-refractivity contribution in [3.05, 3.63) is 41.1 Å². The number of aliphatic imine (C=N–C) groups is 1. The number of rotatable bonds is 7. The first-order valence-electron chi connectivity index (χ1n) is 10.1. The summed E-state index contributed by atoms with van der Waals surface area (Å²) < 4.78 is 7.38. The van der Waals surface area contributed by atoms with Crippen molar-refractivity contribution in [3.8, 4) is 0 Å². The van der Waals surface area contributed by atoms with Gasteiger partial charge in [-0.1, -0.05) is 12.8 Å². The average molecular weight is 499 g/mol. The maximum absolute atomic E-state index is 5.42. The smallest absolute Gasteiger partial charge is 0.191 e. The summed E-state index contributed by atoms with van der Waals surface area (Å²) in [6.07, 6.45) is 8.55. The van der Waals surface area contributed by atoms with E-state index in [-0.39, 0.29) is 30.0 Å². The van der Waals surface area contributed by atoms with Crippen LogP contribution < -0.4 is 10.6 Å². The Labute approximate surface area is 185 Å². The fourth-order valence-electron chi connectivity index (χ4n) is 3.83. The van der Waals surface area contributed by atoms with E-state index in [2.05, 4.69) is 36.5 Å². The van der Waals surface area contributed by atoms with E-state index in [0.717, 1.165) is 30.3 Å². The molecule has 1 aliphatic carbocycles. The fraction of sp³-hybridized carbons (Fsp3) is 0.619. The van der Waals surface area contributed by atoms with Gasteiger partial charge in [-0.15, -0.1) is 24.0 Å². The SMILES string of the molecule is Cc1nn(C)c(C)c1CC(C)NC(=NCCc1ccco1)NC1CCCC1.I. The van der Waals surface area contributed by atoms with Crippen LogP contribution in [0.4, 0.5) is 0 Å². The quantitative estimate of drug-likeness (QED) is 0.345. The van der Waals surface area contributed by atoms with Crippen molar-refractivity contribution in [2.75, 3.05) is 6.54 Å². The third-order valence-electron chi connectivity index (χ3n) is 5.46. The molecular formula is C21H34IN5O. The van der Waals surface area contributed by atoms with Crippen molar-refractivity contribution >= 4 is 29.9 Å². The number of hydrogen-bond acceptors (Lipinski definition) is 3. The molecule has 7 heteroatoms. The van der Waals surface area contributed by atoms with Gasteiger partial charge in [0.25, 0.3) is 0 Å². The molecule has 1 atom stereocenters. The van der Waals surface area contributed by atoms with Gasteiger partial charge in [0.2, 0.25) is 0 Å². The normalized spacial score (nSPS) is 16.1. The molecule has 0 spiro atoms. The Hall–Kier alpha value is -1.51. The van der Waals surface area contributed by atoms with E-state index in [1.165, 1.54) is 36.9 Å². The molecular weight excluding hydrogens is 465 g/mol. The van der Waals surface area contributed by atoms with Crippen LogP contribution in [0.2, 0.25) is 0 Å². The summed E-state index contributed by atoms with van der Waals surface area (Å²) in [4.78, 5) is 4.81. The molecule has 0 amide bonds. The standard InChI is InChI=1S/C21H33N5O.HI/c1-15(14-20-16(2)25-26(4)17(20)3)23-21(24-18-8-5-6-9-18)22-12-11-19-10-7-13-27-19;/h7,10,13,15,18H,5-6,8-9,11-12,14H2,1-4H3,(H2,22,23,24);1H. The molecule has 3 rings (SSSR count). The van der Waals surface area contributed by atoms with Crippen LogP contribution in [0.3, 0.4) is 0 Å². The molecule has 1 aliphatic rings. The number of aromatic nitrogens is 2. The molecule has 0 bridgehead atoms. The maximum atomic E-state index is 5.42. The van der Waals surface area contributed by atoms with Gasteiger partial charge < -0.3 is 15.1 Å². The van der Waals surface area contributed by atoms with Crippen LogP contribution in [0.15, 0.2) is 27.8 Å². The summed E-state index contributed by atoms with van der Waals surface area (Å²) >= 11 is 0. The first kappa shape index (κ1) is 22.8. The molecule has 1 saturated carbocycles. The van der Waals surface area contributed by atoms with E-state index in [1.54, 1.807) is 6.26 Å². The first-order valence-corrected chi connectivity index (χ1v) is 10.1. The van der Waals surface area contributed by atoms with Gasteiger partial charge in [-0.25, -0.2) is 0 Å². The van der Waals surface area contributed by atoms with Gasteiger partial charge in [-0.05, 0) is 57.7 Å². The predicted molar refractivity (Wildman–Crippen MR) is 125 cm³/mol. The Kier molecular flexibility index (Phi) is 8.85. The number of hydrogen-bond donors (Lipinski definition) is 2. The van der Waals surface area contributed by atoms with Crippen LogP contribution in [0, 0.1) is 13.8 Å². The molecule has 1 unspecified atom stereocenters. The summed E-state index contributed by atoms with van der Waals surface area (Å²) in [7, 11) is 2.01. The van der Waals surface area contributed by atoms with Crippen LogP contribution in [0.5, 0.6) is 0 Å². The average Bonchev–Trinajstić information content (AvgIpc) is 3.36. The monoisotopic (exact) mass is 499 g/mol. The van der Waals surface area contributed by atoms with Gasteiger partial charge in [-0.3, -0.25) is 9.67 Å². The minimum Gasteiger partial charge on any atom is -0.469 e. The molecule has 0 saturated heterocycles. The highest BCUT2D eigenvalue weighted by Crippen LogP contribution is 2.18. The second kappa shape index (κ2) is 10.9. The minimum atomic E-state index is 0. The topological polar surface area (TPSA) is 67.4 Å². The Morgan fingerprint density at radius 1 is 1.36 bits per heavy atom. The van der Waals surface area contributed by atoms with E-state index in [4.69, 9.17) is 9.41 Å². The largest absolute Gasteiger partial charge is 0.469 e. The number of furan rings is 1. The lowest BCUT2D eigenvalue weighted by molar-refractivity contribution is 0.510. The number of nitrogens with zero attached hydrogens (tertiary/aromatic N) is 3. The third-order valence-corrected chi connectivity index (χ3v) is 5.46. The molecule has 2 aromatic rings. The van der Waals surface area contributed by atoms with Crippen molar-refractivity contribution in [3.63, 3.8) is 0 Å². The van der Waals surface area contributed by atoms with Crippen molar-refractivity contribution in [2.24, 2.45) is 12.0 Å². The van der Waals surface area contributed by atoms with Crippen molar-refractivity contribution in [1.29, 1.82) is 0 Å². The second-order valence-electron chi connectivity index (χ2n) is 7.71. The molecule has 28 heavy (non-hydrogen) atoms. The highest BCUT2D eigenvalue weighted by Gasteiger charge is 2.18. The fourth-order valence-corrected chi connectivity index (χ4v) is 3.83. The lowest BCUT2D eigenvalue weighted by atomic mass is 10.1. The van der Waals surface area contributed by atoms with Gasteiger partial charge in [0.05, 0.1) is 12.0 Å². The zero-order chi connectivity index (χ0) is 19.2. The van der Waals surface area contributed by atoms with Crippen molar-refractivity contribution in [1.82, 2.24) is 20.4 Å². The second-order valence-corrected chi connectivity index (χ2v) is 7.71. The van der Waals surface area contributed by atoms with Crippen LogP contribution in [-0.4, -0.2) is 34.4 Å². The number of aryl methyl sites for hydroxylation is 2. The van der Waals surface area contributed by atoms with E-state index >= 15 is 0 Å². The Balaban J connectivity index is 0.00000280. The maximum Gasteiger partial charge on any atom is 0.191 e. The van der Waals surface area contributed by atoms with Crippen LogP contribution >= 0.6 is 24.0 Å². The van der Waals surface area contributed by atoms with Crippen molar-refractivity contribution < 1.29 is 4.42 Å². The molecule has 0 aromatic carbocycles. The van der Waals surface area contributed by atoms with Gasteiger partial charge >= 0.3 is 0 Å². The minimum absolute atomic E-state index is 0. The van der Waals surface area contributed by atoms with Crippen molar-refractivity contribution in [2.45, 2.75) is 71.4 Å². The van der Waals surface area contributed by atoms with Crippen LogP contribution in [0.25, 0.3) is 0 Å². The summed E-state index contributed by atoms with van der Waals surface area (Å²) in [6.45, 7) is 7.15. The predicted octanol–water partition coefficient (Wildman–Crippen LogP) is 3.90. The lowest BCUT2D eigenvalue weighted by Crippen LogP contribution is -2.46. The van der Waals surface area contributed by atoms with Crippen LogP contribution in [0.1, 0.15) is 55.3 Å². The molecule has 2 N–H and O–H groups in total. The zero-order valence-corrected chi connectivity index (χ0v) is 19.8. The molecule has 6 nitrogen and oxygen atoms in total. The molecule has 0 aliphatic heterocycles. The number of guanidine groups is 1. The van der Waals surface area contributed by atoms with E-state index < -0.39 is 0 Å². The highest BCUT2D eigenvalue weighted by atomic mass is 127. The van der Waals surface area contributed by atoms with Gasteiger partial charge in [0.15, 0.2) is 5.96 Å². The molecule has 156 valence electrons. The Morgan fingerprint density at radius 3 is 2.71 bits per heavy atom. The molecule has 2 heterocycles. The highest BCUT2D eigenvalue weighted by molar-refractivity contribution is 14.0.